The minimum Gasteiger partial charge on any atom is -0.368 e. The zero-order valence-corrected chi connectivity index (χ0v) is 15.4. The number of carbonyl (C=O) groups is 1. The summed E-state index contributed by atoms with van der Waals surface area (Å²) < 4.78 is 0. The predicted molar refractivity (Wildman–Crippen MR) is 108 cm³/mol. The van der Waals surface area contributed by atoms with E-state index in [2.05, 4.69) is 65.7 Å². The minimum atomic E-state index is 0.0921. The lowest BCUT2D eigenvalue weighted by Gasteiger charge is -2.35. The van der Waals surface area contributed by atoms with Gasteiger partial charge in [0, 0.05) is 44.5 Å². The van der Waals surface area contributed by atoms with Crippen LogP contribution in [0.5, 0.6) is 0 Å². The highest BCUT2D eigenvalue weighted by Gasteiger charge is 2.19. The topological polar surface area (TPSA) is 35.6 Å². The number of anilines is 1. The van der Waals surface area contributed by atoms with Gasteiger partial charge in [0.05, 0.1) is 0 Å². The van der Waals surface area contributed by atoms with Crippen LogP contribution in [0.3, 0.4) is 0 Å². The van der Waals surface area contributed by atoms with Crippen LogP contribution in [0, 0.1) is 0 Å². The number of benzene rings is 2. The Morgan fingerprint density at radius 3 is 2.35 bits per heavy atom. The molecule has 3 rings (SSSR count). The molecule has 1 aliphatic heterocycles. The maximum atomic E-state index is 12.4. The van der Waals surface area contributed by atoms with Crippen molar-refractivity contribution >= 4 is 17.7 Å². The van der Waals surface area contributed by atoms with Gasteiger partial charge in [0.15, 0.2) is 0 Å². The quantitative estimate of drug-likeness (QED) is 0.814. The fraction of sp³-hybridized carbons (Fsp3) is 0.318. The van der Waals surface area contributed by atoms with Crippen molar-refractivity contribution in [3.63, 3.8) is 0 Å². The highest BCUT2D eigenvalue weighted by Crippen LogP contribution is 2.16. The molecule has 0 bridgehead atoms. The van der Waals surface area contributed by atoms with E-state index in [-0.39, 0.29) is 5.91 Å². The number of piperazine rings is 1. The van der Waals surface area contributed by atoms with Gasteiger partial charge >= 0.3 is 0 Å². The van der Waals surface area contributed by atoms with Crippen LogP contribution in [0.2, 0.25) is 0 Å². The Balaban J connectivity index is 1.50. The van der Waals surface area contributed by atoms with Gasteiger partial charge < -0.3 is 15.1 Å². The third-order valence-corrected chi connectivity index (χ3v) is 4.69. The normalized spacial score (nSPS) is 14.8. The van der Waals surface area contributed by atoms with Crippen LogP contribution in [0.4, 0.5) is 5.69 Å². The molecule has 1 fully saturated rings. The van der Waals surface area contributed by atoms with E-state index >= 15 is 0 Å². The molecule has 1 saturated heterocycles. The van der Waals surface area contributed by atoms with Crippen molar-refractivity contribution in [3.8, 4) is 0 Å². The second-order valence-corrected chi connectivity index (χ2v) is 6.50. The van der Waals surface area contributed by atoms with Crippen LogP contribution in [0.25, 0.3) is 6.08 Å². The molecule has 0 aliphatic carbocycles. The molecule has 0 unspecified atom stereocenters. The highest BCUT2D eigenvalue weighted by atomic mass is 16.2. The SMILES string of the molecule is CCNCc1ccc(/C=C/C(=O)N2CCN(c3ccccc3)CC2)cc1. The molecule has 4 heteroatoms. The van der Waals surface area contributed by atoms with Crippen molar-refractivity contribution in [1.29, 1.82) is 0 Å². The molecule has 2 aromatic carbocycles. The Morgan fingerprint density at radius 2 is 1.69 bits per heavy atom. The van der Waals surface area contributed by atoms with E-state index in [1.54, 1.807) is 6.08 Å². The van der Waals surface area contributed by atoms with Crippen molar-refractivity contribution in [3.05, 3.63) is 71.8 Å². The summed E-state index contributed by atoms with van der Waals surface area (Å²) in [6, 6.07) is 18.7. The van der Waals surface area contributed by atoms with Gasteiger partial charge in [-0.05, 0) is 35.9 Å². The van der Waals surface area contributed by atoms with E-state index in [1.807, 2.05) is 17.0 Å². The third kappa shape index (κ3) is 4.96. The fourth-order valence-corrected chi connectivity index (χ4v) is 3.11. The Morgan fingerprint density at radius 1 is 1.00 bits per heavy atom. The van der Waals surface area contributed by atoms with Crippen molar-refractivity contribution in [1.82, 2.24) is 10.2 Å². The molecule has 1 aliphatic rings. The molecule has 1 heterocycles. The van der Waals surface area contributed by atoms with Crippen LogP contribution in [0.15, 0.2) is 60.7 Å². The molecule has 0 saturated carbocycles. The van der Waals surface area contributed by atoms with Crippen LogP contribution in [-0.4, -0.2) is 43.5 Å². The van der Waals surface area contributed by atoms with E-state index in [9.17, 15) is 4.79 Å². The Hall–Kier alpha value is -2.59. The first-order valence-corrected chi connectivity index (χ1v) is 9.33. The smallest absolute Gasteiger partial charge is 0.246 e. The van der Waals surface area contributed by atoms with Gasteiger partial charge in [0.1, 0.15) is 0 Å². The molecule has 0 spiro atoms. The highest BCUT2D eigenvalue weighted by molar-refractivity contribution is 5.92. The van der Waals surface area contributed by atoms with Crippen LogP contribution in [-0.2, 0) is 11.3 Å². The number of carbonyl (C=O) groups excluding carboxylic acids is 1. The first kappa shape index (κ1) is 18.2. The number of nitrogens with one attached hydrogen (secondary N) is 1. The molecule has 26 heavy (non-hydrogen) atoms. The summed E-state index contributed by atoms with van der Waals surface area (Å²) in [7, 11) is 0. The largest absolute Gasteiger partial charge is 0.368 e. The number of amides is 1. The summed E-state index contributed by atoms with van der Waals surface area (Å²) >= 11 is 0. The van der Waals surface area contributed by atoms with E-state index in [1.165, 1.54) is 11.3 Å². The number of hydrogen-bond acceptors (Lipinski definition) is 3. The predicted octanol–water partition coefficient (Wildman–Crippen LogP) is 3.16. The molecular formula is C22H27N3O. The van der Waals surface area contributed by atoms with Gasteiger partial charge in [-0.1, -0.05) is 49.4 Å². The van der Waals surface area contributed by atoms with E-state index in [4.69, 9.17) is 0 Å². The van der Waals surface area contributed by atoms with Crippen molar-refractivity contribution < 1.29 is 4.79 Å². The van der Waals surface area contributed by atoms with Crippen molar-refractivity contribution in [2.24, 2.45) is 0 Å². The van der Waals surface area contributed by atoms with Crippen LogP contribution >= 0.6 is 0 Å². The van der Waals surface area contributed by atoms with E-state index < -0.39 is 0 Å². The number of hydrogen-bond donors (Lipinski definition) is 1. The monoisotopic (exact) mass is 349 g/mol. The lowest BCUT2D eigenvalue weighted by Crippen LogP contribution is -2.48. The van der Waals surface area contributed by atoms with Gasteiger partial charge in [-0.2, -0.15) is 0 Å². The maximum absolute atomic E-state index is 12.4. The summed E-state index contributed by atoms with van der Waals surface area (Å²) in [5.41, 5.74) is 3.54. The molecule has 1 amide bonds. The summed E-state index contributed by atoms with van der Waals surface area (Å²) in [6.07, 6.45) is 3.60. The van der Waals surface area contributed by atoms with Gasteiger partial charge in [-0.3, -0.25) is 4.79 Å². The molecule has 136 valence electrons. The lowest BCUT2D eigenvalue weighted by atomic mass is 10.1. The summed E-state index contributed by atoms with van der Waals surface area (Å²) in [5.74, 6) is 0.0921. The average Bonchev–Trinajstić information content (AvgIpc) is 2.72. The average molecular weight is 349 g/mol. The zero-order valence-electron chi connectivity index (χ0n) is 15.4. The second-order valence-electron chi connectivity index (χ2n) is 6.50. The number of rotatable bonds is 6. The summed E-state index contributed by atoms with van der Waals surface area (Å²) in [6.45, 7) is 7.23. The zero-order chi connectivity index (χ0) is 18.2. The maximum Gasteiger partial charge on any atom is 0.246 e. The Bertz CT molecular complexity index is 717. The van der Waals surface area contributed by atoms with Crippen LogP contribution in [0.1, 0.15) is 18.1 Å². The van der Waals surface area contributed by atoms with Crippen LogP contribution < -0.4 is 10.2 Å². The Labute approximate surface area is 156 Å². The van der Waals surface area contributed by atoms with Gasteiger partial charge in [0.2, 0.25) is 5.91 Å². The molecule has 0 radical (unpaired) electrons. The van der Waals surface area contributed by atoms with Gasteiger partial charge in [-0.15, -0.1) is 0 Å². The van der Waals surface area contributed by atoms with Gasteiger partial charge in [0.25, 0.3) is 0 Å². The minimum absolute atomic E-state index is 0.0921. The van der Waals surface area contributed by atoms with Crippen molar-refractivity contribution in [2.45, 2.75) is 13.5 Å². The lowest BCUT2D eigenvalue weighted by molar-refractivity contribution is -0.126. The molecule has 4 nitrogen and oxygen atoms in total. The first-order valence-electron chi connectivity index (χ1n) is 9.33. The summed E-state index contributed by atoms with van der Waals surface area (Å²) in [5, 5.41) is 3.31. The molecule has 0 atom stereocenters. The Kier molecular flexibility index (Phi) is 6.45. The fourth-order valence-electron chi connectivity index (χ4n) is 3.11. The third-order valence-electron chi connectivity index (χ3n) is 4.69. The molecule has 1 N–H and O–H groups in total. The molecule has 2 aromatic rings. The van der Waals surface area contributed by atoms with Crippen molar-refractivity contribution in [2.75, 3.05) is 37.6 Å². The second kappa shape index (κ2) is 9.20. The standard InChI is InChI=1S/C22H27N3O/c1-2-23-18-20-10-8-19(9-11-20)12-13-22(26)25-16-14-24(15-17-25)21-6-4-3-5-7-21/h3-13,23H,2,14-18H2,1H3/b13-12+. The number of para-hydroxylation sites is 1. The van der Waals surface area contributed by atoms with Gasteiger partial charge in [-0.25, -0.2) is 0 Å². The molecular weight excluding hydrogens is 322 g/mol. The van der Waals surface area contributed by atoms with E-state index in [0.717, 1.165) is 44.8 Å². The van der Waals surface area contributed by atoms with E-state index in [0.29, 0.717) is 0 Å². The molecule has 0 aromatic heterocycles. The first-order chi connectivity index (χ1) is 12.8. The summed E-state index contributed by atoms with van der Waals surface area (Å²) in [4.78, 5) is 16.7. The number of nitrogens with zero attached hydrogens (tertiary/aromatic N) is 2.